The van der Waals surface area contributed by atoms with E-state index in [0.717, 1.165) is 30.1 Å². The van der Waals surface area contributed by atoms with Gasteiger partial charge in [-0.25, -0.2) is 4.98 Å². The van der Waals surface area contributed by atoms with Crippen molar-refractivity contribution in [2.75, 3.05) is 0 Å². The Morgan fingerprint density at radius 1 is 1.29 bits per heavy atom. The van der Waals surface area contributed by atoms with Gasteiger partial charge in [0.1, 0.15) is 5.82 Å². The van der Waals surface area contributed by atoms with Gasteiger partial charge in [-0.1, -0.05) is 30.3 Å². The maximum Gasteiger partial charge on any atom is 0.181 e. The molecule has 2 rings (SSSR count). The zero-order valence-corrected chi connectivity index (χ0v) is 10.3. The van der Waals surface area contributed by atoms with Crippen molar-refractivity contribution in [1.82, 2.24) is 14.8 Å². The first-order valence-corrected chi connectivity index (χ1v) is 5.87. The summed E-state index contributed by atoms with van der Waals surface area (Å²) in [7, 11) is 1.93. The van der Waals surface area contributed by atoms with E-state index in [1.54, 1.807) is 0 Å². The normalized spacial score (nSPS) is 12.6. The van der Waals surface area contributed by atoms with Gasteiger partial charge in [0.2, 0.25) is 0 Å². The third-order valence-corrected chi connectivity index (χ3v) is 2.71. The molecule has 2 aromatic rings. The lowest BCUT2D eigenvalue weighted by molar-refractivity contribution is 0.615. The second kappa shape index (κ2) is 5.10. The first-order valence-electron chi connectivity index (χ1n) is 5.87. The fraction of sp³-hybridized carbons (Fsp3) is 0.385. The fourth-order valence-electron chi connectivity index (χ4n) is 1.70. The van der Waals surface area contributed by atoms with E-state index < -0.39 is 0 Å². The molecular weight excluding hydrogens is 212 g/mol. The molecule has 0 saturated carbocycles. The molecule has 4 nitrogen and oxygen atoms in total. The Kier molecular flexibility index (Phi) is 3.54. The predicted octanol–water partition coefficient (Wildman–Crippen LogP) is 1.76. The highest BCUT2D eigenvalue weighted by Gasteiger charge is 2.09. The Labute approximate surface area is 101 Å². The molecule has 0 spiro atoms. The molecule has 0 saturated heterocycles. The molecule has 0 aliphatic rings. The van der Waals surface area contributed by atoms with Gasteiger partial charge in [0.15, 0.2) is 5.82 Å². The smallest absolute Gasteiger partial charge is 0.181 e. The molecule has 1 atom stereocenters. The number of benzene rings is 1. The molecule has 0 radical (unpaired) electrons. The number of nitrogens with two attached hydrogens (primary N) is 1. The van der Waals surface area contributed by atoms with Crippen molar-refractivity contribution in [1.29, 1.82) is 0 Å². The predicted molar refractivity (Wildman–Crippen MR) is 68.4 cm³/mol. The van der Waals surface area contributed by atoms with E-state index in [9.17, 15) is 0 Å². The molecule has 1 unspecified atom stereocenters. The van der Waals surface area contributed by atoms with Gasteiger partial charge in [0.25, 0.3) is 0 Å². The standard InChI is InChI=1S/C13H18N4/c1-10(14)8-9-12-15-13(16-17(12)2)11-6-4-3-5-7-11/h3-7,10H,8-9,14H2,1-2H3. The van der Waals surface area contributed by atoms with Crippen LogP contribution in [0.5, 0.6) is 0 Å². The number of rotatable bonds is 4. The molecule has 0 bridgehead atoms. The van der Waals surface area contributed by atoms with Crippen molar-refractivity contribution >= 4 is 0 Å². The minimum atomic E-state index is 0.201. The highest BCUT2D eigenvalue weighted by Crippen LogP contribution is 2.15. The molecule has 4 heteroatoms. The zero-order valence-electron chi connectivity index (χ0n) is 10.3. The van der Waals surface area contributed by atoms with Gasteiger partial charge in [-0.2, -0.15) is 5.10 Å². The monoisotopic (exact) mass is 230 g/mol. The summed E-state index contributed by atoms with van der Waals surface area (Å²) in [5, 5.41) is 4.42. The molecular formula is C13H18N4. The quantitative estimate of drug-likeness (QED) is 0.870. The first-order chi connectivity index (χ1) is 8.16. The molecule has 1 aromatic heterocycles. The molecule has 0 aliphatic heterocycles. The zero-order chi connectivity index (χ0) is 12.3. The van der Waals surface area contributed by atoms with E-state index >= 15 is 0 Å². The maximum absolute atomic E-state index is 5.75. The lowest BCUT2D eigenvalue weighted by atomic mass is 10.2. The van der Waals surface area contributed by atoms with Gasteiger partial charge in [-0.05, 0) is 13.3 Å². The summed E-state index contributed by atoms with van der Waals surface area (Å²) in [6.07, 6.45) is 1.80. The summed E-state index contributed by atoms with van der Waals surface area (Å²) in [6, 6.07) is 10.2. The Morgan fingerprint density at radius 2 is 2.00 bits per heavy atom. The number of hydrogen-bond donors (Lipinski definition) is 1. The second-order valence-corrected chi connectivity index (χ2v) is 4.36. The first kappa shape index (κ1) is 11.8. The van der Waals surface area contributed by atoms with Crippen molar-refractivity contribution < 1.29 is 0 Å². The van der Waals surface area contributed by atoms with Crippen molar-refractivity contribution in [3.05, 3.63) is 36.2 Å². The Balaban J connectivity index is 2.19. The number of nitrogens with zero attached hydrogens (tertiary/aromatic N) is 3. The largest absolute Gasteiger partial charge is 0.328 e. The summed E-state index contributed by atoms with van der Waals surface area (Å²) in [4.78, 5) is 4.55. The summed E-state index contributed by atoms with van der Waals surface area (Å²) >= 11 is 0. The molecule has 0 aliphatic carbocycles. The van der Waals surface area contributed by atoms with Gasteiger partial charge >= 0.3 is 0 Å². The van der Waals surface area contributed by atoms with Crippen LogP contribution in [0.25, 0.3) is 11.4 Å². The lowest BCUT2D eigenvalue weighted by Crippen LogP contribution is -2.16. The lowest BCUT2D eigenvalue weighted by Gasteiger charge is -2.02. The molecule has 90 valence electrons. The van der Waals surface area contributed by atoms with Crippen LogP contribution in [0, 0.1) is 0 Å². The maximum atomic E-state index is 5.75. The van der Waals surface area contributed by atoms with E-state index in [2.05, 4.69) is 10.1 Å². The highest BCUT2D eigenvalue weighted by atomic mass is 15.3. The third-order valence-electron chi connectivity index (χ3n) is 2.71. The molecule has 0 amide bonds. The highest BCUT2D eigenvalue weighted by molar-refractivity contribution is 5.53. The van der Waals surface area contributed by atoms with Crippen LogP contribution in [0.1, 0.15) is 19.2 Å². The minimum absolute atomic E-state index is 0.201. The molecule has 2 N–H and O–H groups in total. The van der Waals surface area contributed by atoms with E-state index in [0.29, 0.717) is 0 Å². The van der Waals surface area contributed by atoms with Crippen molar-refractivity contribution in [3.63, 3.8) is 0 Å². The van der Waals surface area contributed by atoms with Crippen LogP contribution in [-0.4, -0.2) is 20.8 Å². The molecule has 1 aromatic carbocycles. The Hall–Kier alpha value is -1.68. The SMILES string of the molecule is CC(N)CCc1nc(-c2ccccc2)nn1C. The van der Waals surface area contributed by atoms with Crippen molar-refractivity contribution in [2.24, 2.45) is 12.8 Å². The molecule has 1 heterocycles. The summed E-state index contributed by atoms with van der Waals surface area (Å²) < 4.78 is 1.84. The summed E-state index contributed by atoms with van der Waals surface area (Å²) in [5.74, 6) is 1.77. The van der Waals surface area contributed by atoms with Gasteiger partial charge in [0, 0.05) is 25.1 Å². The second-order valence-electron chi connectivity index (χ2n) is 4.36. The van der Waals surface area contributed by atoms with E-state index in [1.807, 2.05) is 49.0 Å². The van der Waals surface area contributed by atoms with Crippen LogP contribution >= 0.6 is 0 Å². The van der Waals surface area contributed by atoms with Crippen molar-refractivity contribution in [2.45, 2.75) is 25.8 Å². The number of aryl methyl sites for hydroxylation is 2. The average molecular weight is 230 g/mol. The molecule has 17 heavy (non-hydrogen) atoms. The van der Waals surface area contributed by atoms with E-state index in [4.69, 9.17) is 5.73 Å². The fourth-order valence-corrected chi connectivity index (χ4v) is 1.70. The van der Waals surface area contributed by atoms with E-state index in [-0.39, 0.29) is 6.04 Å². The van der Waals surface area contributed by atoms with Crippen molar-refractivity contribution in [3.8, 4) is 11.4 Å². The summed E-state index contributed by atoms with van der Waals surface area (Å²) in [6.45, 7) is 2.01. The van der Waals surface area contributed by atoms with Crippen LogP contribution in [0.2, 0.25) is 0 Å². The summed E-state index contributed by atoms with van der Waals surface area (Å²) in [5.41, 5.74) is 6.80. The Bertz CT molecular complexity index is 473. The van der Waals surface area contributed by atoms with Crippen LogP contribution in [-0.2, 0) is 13.5 Å². The third kappa shape index (κ3) is 2.91. The van der Waals surface area contributed by atoms with Crippen LogP contribution in [0.3, 0.4) is 0 Å². The topological polar surface area (TPSA) is 56.7 Å². The van der Waals surface area contributed by atoms with Gasteiger partial charge in [0.05, 0.1) is 0 Å². The average Bonchev–Trinajstić information content (AvgIpc) is 2.69. The van der Waals surface area contributed by atoms with Gasteiger partial charge in [-0.3, -0.25) is 4.68 Å². The van der Waals surface area contributed by atoms with Crippen LogP contribution < -0.4 is 5.73 Å². The van der Waals surface area contributed by atoms with Gasteiger partial charge < -0.3 is 5.73 Å². The van der Waals surface area contributed by atoms with Crippen LogP contribution in [0.15, 0.2) is 30.3 Å². The van der Waals surface area contributed by atoms with Crippen LogP contribution in [0.4, 0.5) is 0 Å². The van der Waals surface area contributed by atoms with Gasteiger partial charge in [-0.15, -0.1) is 0 Å². The van der Waals surface area contributed by atoms with E-state index in [1.165, 1.54) is 0 Å². The Morgan fingerprint density at radius 3 is 2.65 bits per heavy atom. The molecule has 0 fully saturated rings. The minimum Gasteiger partial charge on any atom is -0.328 e. The number of aromatic nitrogens is 3. The number of hydrogen-bond acceptors (Lipinski definition) is 3.